The number of carbonyl (C=O) groups excluding carboxylic acids is 2. The topological polar surface area (TPSA) is 83.6 Å². The van der Waals surface area contributed by atoms with Crippen LogP contribution in [0.25, 0.3) is 0 Å². The Labute approximate surface area is 149 Å². The third-order valence-corrected chi connectivity index (χ3v) is 6.31. The van der Waals surface area contributed by atoms with E-state index in [2.05, 4.69) is 21.2 Å². The number of urea groups is 1. The van der Waals surface area contributed by atoms with E-state index >= 15 is 0 Å². The van der Waals surface area contributed by atoms with Crippen molar-refractivity contribution in [1.82, 2.24) is 10.2 Å². The Morgan fingerprint density at radius 1 is 1.29 bits per heavy atom. The quantitative estimate of drug-likeness (QED) is 0.719. The van der Waals surface area contributed by atoms with E-state index < -0.39 is 21.9 Å². The Bertz CT molecular complexity index is 789. The molecule has 1 saturated carbocycles. The third kappa shape index (κ3) is 3.49. The Hall–Kier alpha value is -1.41. The van der Waals surface area contributed by atoms with Gasteiger partial charge in [-0.2, -0.15) is 0 Å². The molecular formula is C16H19BrN2O4S. The Morgan fingerprint density at radius 2 is 1.96 bits per heavy atom. The standard InChI is InChI=1S/C16H19BrN2O4S/c1-24(22,23)9-6-13-14(20)19(15(21)18-13)10-16(7-8-16)11-4-2-3-5-12(11)17/h2-5,13H,6-10H2,1H3,(H,18,21)/t13-/m1/s1. The van der Waals surface area contributed by atoms with Gasteiger partial charge in [0.1, 0.15) is 15.9 Å². The van der Waals surface area contributed by atoms with Crippen LogP contribution in [-0.2, 0) is 20.0 Å². The van der Waals surface area contributed by atoms with E-state index in [4.69, 9.17) is 0 Å². The summed E-state index contributed by atoms with van der Waals surface area (Å²) >= 11 is 3.54. The first kappa shape index (κ1) is 17.4. The highest BCUT2D eigenvalue weighted by molar-refractivity contribution is 9.10. The summed E-state index contributed by atoms with van der Waals surface area (Å²) in [6.45, 7) is 0.329. The molecule has 3 amide bonds. The fourth-order valence-corrected chi connectivity index (χ4v) is 4.48. The van der Waals surface area contributed by atoms with Crippen molar-refractivity contribution in [1.29, 1.82) is 0 Å². The molecule has 0 spiro atoms. The minimum Gasteiger partial charge on any atom is -0.326 e. The van der Waals surface area contributed by atoms with Gasteiger partial charge in [0, 0.05) is 22.7 Å². The molecule has 6 nitrogen and oxygen atoms in total. The summed E-state index contributed by atoms with van der Waals surface area (Å²) in [6, 6.07) is 6.66. The Balaban J connectivity index is 1.73. The zero-order valence-electron chi connectivity index (χ0n) is 13.3. The van der Waals surface area contributed by atoms with Crippen molar-refractivity contribution >= 4 is 37.7 Å². The highest BCUT2D eigenvalue weighted by atomic mass is 79.9. The van der Waals surface area contributed by atoms with Crippen molar-refractivity contribution in [2.75, 3.05) is 18.6 Å². The third-order valence-electron chi connectivity index (χ3n) is 4.64. The molecule has 0 radical (unpaired) electrons. The van der Waals surface area contributed by atoms with Gasteiger partial charge in [-0.1, -0.05) is 34.1 Å². The van der Waals surface area contributed by atoms with Gasteiger partial charge in [0.15, 0.2) is 0 Å². The summed E-state index contributed by atoms with van der Waals surface area (Å²) in [4.78, 5) is 25.9. The fourth-order valence-electron chi connectivity index (χ4n) is 3.11. The zero-order valence-corrected chi connectivity index (χ0v) is 15.7. The average Bonchev–Trinajstić information content (AvgIpc) is 3.23. The molecule has 1 saturated heterocycles. The predicted molar refractivity (Wildman–Crippen MR) is 93.4 cm³/mol. The van der Waals surface area contributed by atoms with E-state index in [0.29, 0.717) is 6.54 Å². The molecule has 0 unspecified atom stereocenters. The van der Waals surface area contributed by atoms with Gasteiger partial charge in [0.2, 0.25) is 0 Å². The Kier molecular flexibility index (Phi) is 4.46. The molecule has 1 atom stereocenters. The number of benzene rings is 1. The highest BCUT2D eigenvalue weighted by Gasteiger charge is 2.50. The zero-order chi connectivity index (χ0) is 17.5. The molecule has 130 valence electrons. The van der Waals surface area contributed by atoms with Crippen molar-refractivity contribution in [3.05, 3.63) is 34.3 Å². The molecule has 1 aliphatic heterocycles. The SMILES string of the molecule is CS(=O)(=O)CC[C@H]1NC(=O)N(CC2(c3ccccc3Br)CC2)C1=O. The highest BCUT2D eigenvalue weighted by Crippen LogP contribution is 2.51. The number of amides is 3. The maximum atomic E-state index is 12.5. The van der Waals surface area contributed by atoms with Gasteiger partial charge in [-0.3, -0.25) is 9.69 Å². The van der Waals surface area contributed by atoms with Crippen LogP contribution in [0.1, 0.15) is 24.8 Å². The largest absolute Gasteiger partial charge is 0.326 e. The molecular weight excluding hydrogens is 396 g/mol. The first-order valence-electron chi connectivity index (χ1n) is 7.76. The normalized spacial score (nSPS) is 22.6. The number of carbonyl (C=O) groups is 2. The lowest BCUT2D eigenvalue weighted by Gasteiger charge is -2.22. The molecule has 1 aromatic carbocycles. The van der Waals surface area contributed by atoms with E-state index in [1.807, 2.05) is 24.3 Å². The van der Waals surface area contributed by atoms with Gasteiger partial charge in [-0.25, -0.2) is 13.2 Å². The van der Waals surface area contributed by atoms with Gasteiger partial charge in [0.25, 0.3) is 5.91 Å². The van der Waals surface area contributed by atoms with Crippen LogP contribution in [0.4, 0.5) is 4.79 Å². The second-order valence-electron chi connectivity index (χ2n) is 6.61. The molecule has 2 fully saturated rings. The summed E-state index contributed by atoms with van der Waals surface area (Å²) in [7, 11) is -3.17. The van der Waals surface area contributed by atoms with E-state index in [-0.39, 0.29) is 23.5 Å². The van der Waals surface area contributed by atoms with Gasteiger partial charge in [-0.15, -0.1) is 0 Å². The van der Waals surface area contributed by atoms with Crippen LogP contribution < -0.4 is 5.32 Å². The van der Waals surface area contributed by atoms with Crippen molar-refractivity contribution in [2.45, 2.75) is 30.7 Å². The van der Waals surface area contributed by atoms with Crippen LogP contribution in [0.2, 0.25) is 0 Å². The molecule has 3 rings (SSSR count). The van der Waals surface area contributed by atoms with Crippen LogP contribution >= 0.6 is 15.9 Å². The van der Waals surface area contributed by atoms with Crippen molar-refractivity contribution < 1.29 is 18.0 Å². The van der Waals surface area contributed by atoms with E-state index in [0.717, 1.165) is 29.1 Å². The first-order valence-corrected chi connectivity index (χ1v) is 10.6. The molecule has 0 aromatic heterocycles. The predicted octanol–water partition coefficient (Wildman–Crippen LogP) is 1.84. The van der Waals surface area contributed by atoms with Gasteiger partial charge in [-0.05, 0) is 30.9 Å². The summed E-state index contributed by atoms with van der Waals surface area (Å²) in [5.41, 5.74) is 0.906. The summed E-state index contributed by atoms with van der Waals surface area (Å²) < 4.78 is 23.5. The van der Waals surface area contributed by atoms with Crippen LogP contribution in [0.5, 0.6) is 0 Å². The monoisotopic (exact) mass is 414 g/mol. The number of rotatable bonds is 6. The molecule has 2 aliphatic rings. The van der Waals surface area contributed by atoms with Crippen LogP contribution in [0.3, 0.4) is 0 Å². The van der Waals surface area contributed by atoms with Crippen LogP contribution in [-0.4, -0.2) is 49.9 Å². The second-order valence-corrected chi connectivity index (χ2v) is 9.72. The number of nitrogens with one attached hydrogen (secondary N) is 1. The Morgan fingerprint density at radius 3 is 2.54 bits per heavy atom. The number of nitrogens with zero attached hydrogens (tertiary/aromatic N) is 1. The minimum atomic E-state index is -3.17. The van der Waals surface area contributed by atoms with E-state index in [9.17, 15) is 18.0 Å². The number of imide groups is 1. The number of hydrogen-bond donors (Lipinski definition) is 1. The maximum absolute atomic E-state index is 12.5. The number of halogens is 1. The van der Waals surface area contributed by atoms with Crippen molar-refractivity contribution in [3.63, 3.8) is 0 Å². The van der Waals surface area contributed by atoms with E-state index in [1.165, 1.54) is 4.90 Å². The molecule has 1 heterocycles. The molecule has 1 aromatic rings. The van der Waals surface area contributed by atoms with Crippen LogP contribution in [0.15, 0.2) is 28.7 Å². The maximum Gasteiger partial charge on any atom is 0.324 e. The second kappa shape index (κ2) is 6.15. The minimum absolute atomic E-state index is 0.113. The molecule has 24 heavy (non-hydrogen) atoms. The fraction of sp³-hybridized carbons (Fsp3) is 0.500. The van der Waals surface area contributed by atoms with Crippen LogP contribution in [0, 0.1) is 0 Å². The summed E-state index contributed by atoms with van der Waals surface area (Å²) in [5.74, 6) is -0.450. The lowest BCUT2D eigenvalue weighted by Crippen LogP contribution is -2.38. The van der Waals surface area contributed by atoms with Crippen molar-refractivity contribution in [3.8, 4) is 0 Å². The van der Waals surface area contributed by atoms with Gasteiger partial charge >= 0.3 is 6.03 Å². The molecule has 1 aliphatic carbocycles. The first-order chi connectivity index (χ1) is 11.2. The molecule has 1 N–H and O–H groups in total. The molecule has 8 heteroatoms. The summed E-state index contributed by atoms with van der Waals surface area (Å²) in [5, 5.41) is 2.60. The molecule has 0 bridgehead atoms. The van der Waals surface area contributed by atoms with E-state index in [1.54, 1.807) is 0 Å². The lowest BCUT2D eigenvalue weighted by atomic mass is 9.95. The lowest BCUT2D eigenvalue weighted by molar-refractivity contribution is -0.127. The number of hydrogen-bond acceptors (Lipinski definition) is 4. The average molecular weight is 415 g/mol. The van der Waals surface area contributed by atoms with Gasteiger partial charge in [0.05, 0.1) is 5.75 Å². The smallest absolute Gasteiger partial charge is 0.324 e. The van der Waals surface area contributed by atoms with Gasteiger partial charge < -0.3 is 5.32 Å². The summed E-state index contributed by atoms with van der Waals surface area (Å²) in [6.07, 6.45) is 3.07. The number of sulfone groups is 1. The van der Waals surface area contributed by atoms with Crippen molar-refractivity contribution in [2.24, 2.45) is 0 Å².